The summed E-state index contributed by atoms with van der Waals surface area (Å²) in [6, 6.07) is 5.15. The van der Waals surface area contributed by atoms with Crippen LogP contribution in [0.4, 0.5) is 10.5 Å². The fraction of sp³-hybridized carbons (Fsp3) is 0.524. The van der Waals surface area contributed by atoms with Crippen molar-refractivity contribution in [1.82, 2.24) is 10.2 Å². The Morgan fingerprint density at radius 3 is 2.62 bits per heavy atom. The molecule has 2 aliphatic rings. The van der Waals surface area contributed by atoms with Gasteiger partial charge in [-0.1, -0.05) is 32.0 Å². The maximum absolute atomic E-state index is 12.5. The van der Waals surface area contributed by atoms with Crippen molar-refractivity contribution in [2.24, 2.45) is 5.92 Å². The Labute approximate surface area is 170 Å². The van der Waals surface area contributed by atoms with E-state index in [0.717, 1.165) is 28.9 Å². The Bertz CT molecular complexity index is 862. The number of ether oxygens (including phenoxy) is 1. The number of esters is 1. The number of anilines is 1. The van der Waals surface area contributed by atoms with Crippen LogP contribution in [0.2, 0.25) is 0 Å². The van der Waals surface area contributed by atoms with Crippen molar-refractivity contribution < 1.29 is 23.9 Å². The summed E-state index contributed by atoms with van der Waals surface area (Å²) in [6.07, 6.45) is 1.75. The van der Waals surface area contributed by atoms with Gasteiger partial charge in [0.15, 0.2) is 6.61 Å². The molecule has 1 aliphatic carbocycles. The Morgan fingerprint density at radius 1 is 1.31 bits per heavy atom. The van der Waals surface area contributed by atoms with Crippen molar-refractivity contribution in [1.29, 1.82) is 0 Å². The molecule has 2 N–H and O–H groups in total. The molecule has 4 amide bonds. The van der Waals surface area contributed by atoms with Crippen molar-refractivity contribution in [3.63, 3.8) is 0 Å². The number of aryl methyl sites for hydroxylation is 1. The van der Waals surface area contributed by atoms with Gasteiger partial charge in [0.05, 0.1) is 0 Å². The summed E-state index contributed by atoms with van der Waals surface area (Å²) in [6.45, 7) is 6.62. The van der Waals surface area contributed by atoms with Gasteiger partial charge in [-0.15, -0.1) is 0 Å². The highest BCUT2D eigenvalue weighted by Gasteiger charge is 2.56. The number of nitrogens with zero attached hydrogens (tertiary/aromatic N) is 1. The van der Waals surface area contributed by atoms with E-state index in [1.165, 1.54) is 0 Å². The molecule has 8 heteroatoms. The van der Waals surface area contributed by atoms with Crippen molar-refractivity contribution in [2.75, 3.05) is 18.5 Å². The summed E-state index contributed by atoms with van der Waals surface area (Å²) in [5.41, 5.74) is 1.66. The molecule has 3 rings (SSSR count). The number of urea groups is 1. The fourth-order valence-electron chi connectivity index (χ4n) is 3.64. The van der Waals surface area contributed by atoms with E-state index in [1.807, 2.05) is 39.0 Å². The normalized spacial score (nSPS) is 21.3. The second-order valence-corrected chi connectivity index (χ2v) is 8.20. The van der Waals surface area contributed by atoms with Crippen molar-refractivity contribution in [3.05, 3.63) is 29.3 Å². The van der Waals surface area contributed by atoms with Gasteiger partial charge in [-0.25, -0.2) is 4.79 Å². The summed E-state index contributed by atoms with van der Waals surface area (Å²) >= 11 is 0. The first-order valence-corrected chi connectivity index (χ1v) is 9.82. The van der Waals surface area contributed by atoms with Gasteiger partial charge in [-0.2, -0.15) is 0 Å². The van der Waals surface area contributed by atoms with Crippen LogP contribution in [0.1, 0.15) is 50.7 Å². The average Bonchev–Trinajstić information content (AvgIpc) is 3.47. The molecule has 0 spiro atoms. The number of hydrogen-bond donors (Lipinski definition) is 2. The van der Waals surface area contributed by atoms with Crippen LogP contribution in [0.25, 0.3) is 0 Å². The lowest BCUT2D eigenvalue weighted by Crippen LogP contribution is -2.46. The van der Waals surface area contributed by atoms with Gasteiger partial charge in [-0.05, 0) is 49.7 Å². The van der Waals surface area contributed by atoms with E-state index in [-0.39, 0.29) is 11.8 Å². The number of carbonyl (C=O) groups is 4. The highest BCUT2D eigenvalue weighted by molar-refractivity contribution is 6.09. The Balaban J connectivity index is 1.54. The molecule has 0 unspecified atom stereocenters. The number of carbonyl (C=O) groups excluding carboxylic acids is 4. The zero-order valence-corrected chi connectivity index (χ0v) is 17.2. The van der Waals surface area contributed by atoms with Crippen LogP contribution in [0.3, 0.4) is 0 Å². The van der Waals surface area contributed by atoms with Gasteiger partial charge >= 0.3 is 12.0 Å². The molecule has 156 valence electrons. The second kappa shape index (κ2) is 7.85. The van der Waals surface area contributed by atoms with Gasteiger partial charge in [-0.3, -0.25) is 19.3 Å². The molecule has 0 bridgehead atoms. The molecular weight excluding hydrogens is 374 g/mol. The summed E-state index contributed by atoms with van der Waals surface area (Å²) < 4.78 is 4.99. The number of nitrogens with one attached hydrogen (secondary N) is 2. The van der Waals surface area contributed by atoms with Crippen LogP contribution in [0.15, 0.2) is 18.2 Å². The lowest BCUT2D eigenvalue weighted by molar-refractivity contribution is -0.150. The zero-order chi connectivity index (χ0) is 21.3. The van der Waals surface area contributed by atoms with Crippen molar-refractivity contribution in [3.8, 4) is 0 Å². The molecular formula is C21H27N3O5. The smallest absolute Gasteiger partial charge is 0.326 e. The van der Waals surface area contributed by atoms with E-state index in [0.29, 0.717) is 5.69 Å². The summed E-state index contributed by atoms with van der Waals surface area (Å²) in [4.78, 5) is 49.9. The van der Waals surface area contributed by atoms with Gasteiger partial charge in [0.25, 0.3) is 11.8 Å². The van der Waals surface area contributed by atoms with Gasteiger partial charge in [0, 0.05) is 5.69 Å². The predicted molar refractivity (Wildman–Crippen MR) is 106 cm³/mol. The highest BCUT2D eigenvalue weighted by atomic mass is 16.5. The Kier molecular flexibility index (Phi) is 5.64. The van der Waals surface area contributed by atoms with Crippen LogP contribution in [-0.2, 0) is 19.1 Å². The van der Waals surface area contributed by atoms with Gasteiger partial charge < -0.3 is 15.4 Å². The van der Waals surface area contributed by atoms with Crippen molar-refractivity contribution in [2.45, 2.75) is 52.0 Å². The lowest BCUT2D eigenvalue weighted by atomic mass is 9.96. The summed E-state index contributed by atoms with van der Waals surface area (Å²) in [5.74, 6) is -1.39. The molecule has 1 saturated heterocycles. The monoisotopic (exact) mass is 401 g/mol. The quantitative estimate of drug-likeness (QED) is 0.539. The van der Waals surface area contributed by atoms with Crippen LogP contribution >= 0.6 is 0 Å². The Hall–Kier alpha value is -2.90. The first kappa shape index (κ1) is 20.8. The largest absolute Gasteiger partial charge is 0.454 e. The van der Waals surface area contributed by atoms with Gasteiger partial charge in [0.1, 0.15) is 12.1 Å². The maximum Gasteiger partial charge on any atom is 0.326 e. The topological polar surface area (TPSA) is 105 Å². The predicted octanol–water partition coefficient (Wildman–Crippen LogP) is 2.32. The molecule has 1 aliphatic heterocycles. The molecule has 0 radical (unpaired) electrons. The molecule has 8 nitrogen and oxygen atoms in total. The molecule has 29 heavy (non-hydrogen) atoms. The molecule has 1 aromatic rings. The number of amides is 4. The minimum Gasteiger partial charge on any atom is -0.454 e. The molecule has 1 aromatic carbocycles. The van der Waals surface area contributed by atoms with E-state index in [1.54, 1.807) is 6.92 Å². The minimum atomic E-state index is -0.952. The van der Waals surface area contributed by atoms with Crippen LogP contribution < -0.4 is 10.6 Å². The average molecular weight is 401 g/mol. The molecule has 0 aromatic heterocycles. The highest BCUT2D eigenvalue weighted by Crippen LogP contribution is 2.42. The SMILES string of the molecule is Cc1cccc(C(C)C)c1NC(=O)COC(=O)CN1C(=O)N[C@@](C)(C2CC2)C1=O. The van der Waals surface area contributed by atoms with Crippen LogP contribution in [0, 0.1) is 12.8 Å². The lowest BCUT2D eigenvalue weighted by Gasteiger charge is -2.20. The third-order valence-electron chi connectivity index (χ3n) is 5.54. The third kappa shape index (κ3) is 4.26. The summed E-state index contributed by atoms with van der Waals surface area (Å²) in [5, 5.41) is 5.46. The second-order valence-electron chi connectivity index (χ2n) is 8.20. The number of para-hydroxylation sites is 1. The zero-order valence-electron chi connectivity index (χ0n) is 17.2. The van der Waals surface area contributed by atoms with E-state index in [2.05, 4.69) is 10.6 Å². The number of imide groups is 1. The summed E-state index contributed by atoms with van der Waals surface area (Å²) in [7, 11) is 0. The van der Waals surface area contributed by atoms with Crippen LogP contribution in [0.5, 0.6) is 0 Å². The minimum absolute atomic E-state index is 0.106. The third-order valence-corrected chi connectivity index (χ3v) is 5.54. The van der Waals surface area contributed by atoms with Gasteiger partial charge in [0.2, 0.25) is 0 Å². The number of rotatable bonds is 7. The first-order chi connectivity index (χ1) is 13.6. The van der Waals surface area contributed by atoms with Crippen LogP contribution in [-0.4, -0.2) is 47.4 Å². The van der Waals surface area contributed by atoms with E-state index in [4.69, 9.17) is 4.74 Å². The number of benzene rings is 1. The van der Waals surface area contributed by atoms with E-state index < -0.39 is 42.5 Å². The Morgan fingerprint density at radius 2 is 2.00 bits per heavy atom. The fourth-order valence-corrected chi connectivity index (χ4v) is 3.64. The van der Waals surface area contributed by atoms with Crippen molar-refractivity contribution >= 4 is 29.5 Å². The molecule has 1 saturated carbocycles. The van der Waals surface area contributed by atoms with E-state index in [9.17, 15) is 19.2 Å². The number of hydrogen-bond acceptors (Lipinski definition) is 5. The maximum atomic E-state index is 12.5. The first-order valence-electron chi connectivity index (χ1n) is 9.82. The van der Waals surface area contributed by atoms with E-state index >= 15 is 0 Å². The standard InChI is InChI=1S/C21H27N3O5/c1-12(2)15-7-5-6-13(3)18(15)22-16(25)11-29-17(26)10-24-19(27)21(4,14-8-9-14)23-20(24)28/h5-7,12,14H,8-11H2,1-4H3,(H,22,25)(H,23,28)/t21-/m0/s1. The molecule has 2 fully saturated rings. The molecule has 1 atom stereocenters. The molecule has 1 heterocycles.